The molecule has 1 heterocycles. The summed E-state index contributed by atoms with van der Waals surface area (Å²) in [7, 11) is 2.86. The lowest BCUT2D eigenvalue weighted by atomic mass is 10.1. The SMILES string of the molecule is CC.COC(=O)c1ccc(C(=O)N(C)c2ccc(Cl)cc2)cc1NC(=O)c1sc2ccccc2c1Cl. The first-order valence-corrected chi connectivity index (χ1v) is 12.6. The molecule has 0 aliphatic rings. The number of amides is 2. The van der Waals surface area contributed by atoms with Crippen molar-refractivity contribution in [3.8, 4) is 0 Å². The van der Waals surface area contributed by atoms with Crippen molar-refractivity contribution in [3.05, 3.63) is 92.8 Å². The number of methoxy groups -OCH3 is 1. The molecule has 0 saturated carbocycles. The third-order valence-electron chi connectivity index (χ3n) is 5.18. The summed E-state index contributed by atoms with van der Waals surface area (Å²) in [4.78, 5) is 40.3. The summed E-state index contributed by atoms with van der Waals surface area (Å²) in [6, 6.07) is 18.6. The summed E-state index contributed by atoms with van der Waals surface area (Å²) < 4.78 is 5.70. The fourth-order valence-corrected chi connectivity index (χ4v) is 4.92. The predicted molar refractivity (Wildman–Crippen MR) is 148 cm³/mol. The van der Waals surface area contributed by atoms with Crippen LogP contribution in [0, 0.1) is 0 Å². The maximum absolute atomic E-state index is 13.1. The summed E-state index contributed by atoms with van der Waals surface area (Å²) in [5.41, 5.74) is 1.15. The fourth-order valence-electron chi connectivity index (χ4n) is 3.38. The van der Waals surface area contributed by atoms with Crippen LogP contribution in [0.25, 0.3) is 10.1 Å². The zero-order chi connectivity index (χ0) is 26.4. The van der Waals surface area contributed by atoms with Crippen molar-refractivity contribution in [1.82, 2.24) is 0 Å². The lowest BCUT2D eigenvalue weighted by Crippen LogP contribution is -2.26. The molecule has 0 aliphatic carbocycles. The molecule has 1 aromatic heterocycles. The van der Waals surface area contributed by atoms with E-state index in [4.69, 9.17) is 27.9 Å². The van der Waals surface area contributed by atoms with Gasteiger partial charge in [0.25, 0.3) is 11.8 Å². The van der Waals surface area contributed by atoms with Crippen molar-refractivity contribution in [2.75, 3.05) is 24.4 Å². The standard InChI is InChI=1S/C25H18Cl2N2O4S.C2H6/c1-29(16-10-8-15(26)9-11-16)24(31)14-7-12-17(25(32)33-2)19(13-14)28-23(30)22-21(27)18-5-3-4-6-20(18)34-22;1-2/h3-13H,1-2H3,(H,28,30);1-2H3. The summed E-state index contributed by atoms with van der Waals surface area (Å²) in [6.07, 6.45) is 0. The van der Waals surface area contributed by atoms with Crippen LogP contribution in [0.3, 0.4) is 0 Å². The van der Waals surface area contributed by atoms with Crippen LogP contribution in [0.2, 0.25) is 10.0 Å². The molecule has 0 radical (unpaired) electrons. The van der Waals surface area contributed by atoms with Crippen LogP contribution in [-0.2, 0) is 4.74 Å². The minimum atomic E-state index is -0.650. The van der Waals surface area contributed by atoms with Crippen LogP contribution >= 0.6 is 34.5 Å². The number of hydrogen-bond donors (Lipinski definition) is 1. The molecular weight excluding hydrogens is 519 g/mol. The van der Waals surface area contributed by atoms with Crippen LogP contribution in [0.5, 0.6) is 0 Å². The molecule has 9 heteroatoms. The van der Waals surface area contributed by atoms with Crippen molar-refractivity contribution in [3.63, 3.8) is 0 Å². The first-order chi connectivity index (χ1) is 17.3. The molecule has 0 atom stereocenters. The Kier molecular flexibility index (Phi) is 9.09. The van der Waals surface area contributed by atoms with Gasteiger partial charge in [0.2, 0.25) is 0 Å². The van der Waals surface area contributed by atoms with Gasteiger partial charge in [-0.25, -0.2) is 4.79 Å². The monoisotopic (exact) mass is 542 g/mol. The highest BCUT2D eigenvalue weighted by molar-refractivity contribution is 7.21. The van der Waals surface area contributed by atoms with Crippen LogP contribution in [0.15, 0.2) is 66.7 Å². The largest absolute Gasteiger partial charge is 0.465 e. The summed E-state index contributed by atoms with van der Waals surface area (Å²) in [5, 5.41) is 4.37. The second-order valence-corrected chi connectivity index (χ2v) is 9.15. The van der Waals surface area contributed by atoms with Crippen molar-refractivity contribution in [2.24, 2.45) is 0 Å². The summed E-state index contributed by atoms with van der Waals surface area (Å²) in [6.45, 7) is 4.00. The third kappa shape index (κ3) is 5.70. The Morgan fingerprint density at radius 2 is 1.61 bits per heavy atom. The highest BCUT2D eigenvalue weighted by atomic mass is 35.5. The van der Waals surface area contributed by atoms with E-state index in [0.29, 0.717) is 20.6 Å². The Morgan fingerprint density at radius 1 is 0.944 bits per heavy atom. The smallest absolute Gasteiger partial charge is 0.339 e. The molecule has 4 rings (SSSR count). The van der Waals surface area contributed by atoms with Gasteiger partial charge in [-0.2, -0.15) is 0 Å². The molecule has 3 aromatic carbocycles. The summed E-state index contributed by atoms with van der Waals surface area (Å²) in [5.74, 6) is -1.48. The number of anilines is 2. The number of halogens is 2. The number of esters is 1. The normalized spacial score (nSPS) is 10.3. The minimum Gasteiger partial charge on any atom is -0.465 e. The van der Waals surface area contributed by atoms with E-state index < -0.39 is 11.9 Å². The maximum atomic E-state index is 13.1. The second-order valence-electron chi connectivity index (χ2n) is 7.29. The van der Waals surface area contributed by atoms with E-state index in [9.17, 15) is 14.4 Å². The number of thiophene rings is 1. The van der Waals surface area contributed by atoms with E-state index >= 15 is 0 Å². The lowest BCUT2D eigenvalue weighted by Gasteiger charge is -2.18. The van der Waals surface area contributed by atoms with E-state index in [1.165, 1.54) is 41.5 Å². The topological polar surface area (TPSA) is 75.7 Å². The van der Waals surface area contributed by atoms with Gasteiger partial charge in [-0.15, -0.1) is 11.3 Å². The van der Waals surface area contributed by atoms with Crippen molar-refractivity contribution < 1.29 is 19.1 Å². The average molecular weight is 543 g/mol. The number of ether oxygens (including phenoxy) is 1. The molecule has 0 unspecified atom stereocenters. The van der Waals surface area contributed by atoms with E-state index in [1.54, 1.807) is 31.3 Å². The Morgan fingerprint density at radius 3 is 2.25 bits per heavy atom. The molecule has 36 heavy (non-hydrogen) atoms. The molecule has 2 amide bonds. The minimum absolute atomic E-state index is 0.110. The molecule has 0 spiro atoms. The van der Waals surface area contributed by atoms with E-state index in [2.05, 4.69) is 5.32 Å². The number of nitrogens with zero attached hydrogens (tertiary/aromatic N) is 1. The molecule has 0 bridgehead atoms. The van der Waals surface area contributed by atoms with Crippen molar-refractivity contribution in [1.29, 1.82) is 0 Å². The van der Waals surface area contributed by atoms with Crippen molar-refractivity contribution >= 4 is 73.8 Å². The van der Waals surface area contributed by atoms with Crippen LogP contribution in [0.4, 0.5) is 11.4 Å². The van der Waals surface area contributed by atoms with Crippen molar-refractivity contribution in [2.45, 2.75) is 13.8 Å². The van der Waals surface area contributed by atoms with Gasteiger partial charge in [0.15, 0.2) is 0 Å². The highest BCUT2D eigenvalue weighted by Crippen LogP contribution is 2.36. The van der Waals surface area contributed by atoms with Gasteiger partial charge in [-0.05, 0) is 48.5 Å². The maximum Gasteiger partial charge on any atom is 0.339 e. The highest BCUT2D eigenvalue weighted by Gasteiger charge is 2.22. The Hall–Kier alpha value is -3.39. The third-order valence-corrected chi connectivity index (χ3v) is 7.11. The Bertz CT molecular complexity index is 1420. The van der Waals surface area contributed by atoms with Gasteiger partial charge in [0.1, 0.15) is 4.88 Å². The van der Waals surface area contributed by atoms with Crippen LogP contribution in [0.1, 0.15) is 44.2 Å². The number of hydrogen-bond acceptors (Lipinski definition) is 5. The summed E-state index contributed by atoms with van der Waals surface area (Å²) >= 11 is 13.6. The quantitative estimate of drug-likeness (QED) is 0.264. The predicted octanol–water partition coefficient (Wildman–Crippen LogP) is 7.55. The number of benzene rings is 3. The first-order valence-electron chi connectivity index (χ1n) is 11.0. The Labute approximate surface area is 223 Å². The number of carbonyl (C=O) groups excluding carboxylic acids is 3. The zero-order valence-corrected chi connectivity index (χ0v) is 22.4. The number of rotatable bonds is 5. The van der Waals surface area contributed by atoms with Gasteiger partial charge in [-0.3, -0.25) is 9.59 Å². The van der Waals surface area contributed by atoms with Gasteiger partial charge < -0.3 is 15.0 Å². The molecule has 1 N–H and O–H groups in total. The van der Waals surface area contributed by atoms with Crippen LogP contribution < -0.4 is 10.2 Å². The van der Waals surface area contributed by atoms with Gasteiger partial charge in [0.05, 0.1) is 23.4 Å². The number of carbonyl (C=O) groups is 3. The fraction of sp³-hybridized carbons (Fsp3) is 0.148. The molecule has 0 fully saturated rings. The average Bonchev–Trinajstić information content (AvgIpc) is 3.25. The lowest BCUT2D eigenvalue weighted by molar-refractivity contribution is 0.0601. The number of nitrogens with one attached hydrogen (secondary N) is 1. The van der Waals surface area contributed by atoms with Gasteiger partial charge in [0, 0.05) is 33.4 Å². The van der Waals surface area contributed by atoms with Crippen LogP contribution in [-0.4, -0.2) is 31.9 Å². The number of fused-ring (bicyclic) bond motifs is 1. The van der Waals surface area contributed by atoms with Gasteiger partial charge >= 0.3 is 5.97 Å². The molecule has 6 nitrogen and oxygen atoms in total. The first kappa shape index (κ1) is 27.2. The van der Waals surface area contributed by atoms with E-state index in [0.717, 1.165) is 10.1 Å². The molecule has 0 aliphatic heterocycles. The zero-order valence-electron chi connectivity index (χ0n) is 20.1. The molecule has 4 aromatic rings. The van der Waals surface area contributed by atoms with Gasteiger partial charge in [-0.1, -0.05) is 55.2 Å². The second kappa shape index (κ2) is 12.0. The Balaban J connectivity index is 0.00000176. The molecule has 186 valence electrons. The van der Waals surface area contributed by atoms with E-state index in [1.807, 2.05) is 38.1 Å². The molecule has 0 saturated heterocycles. The van der Waals surface area contributed by atoms with E-state index in [-0.39, 0.29) is 22.7 Å². The molecular formula is C27H24Cl2N2O4S.